The first kappa shape index (κ1) is 29.5. The number of halogens is 1. The van der Waals surface area contributed by atoms with Gasteiger partial charge in [0.05, 0.1) is 19.7 Å². The van der Waals surface area contributed by atoms with E-state index in [2.05, 4.69) is 10.6 Å². The number of methoxy groups -OCH3 is 1. The SMILES string of the molecule is COc1ccc(CNC(=O)C2CC(F)CN2C(=O)C(O)C(Cc2ccccc2)NC(=O)c2cccc(O)c2C)cc1. The van der Waals surface area contributed by atoms with Crippen molar-refractivity contribution in [3.8, 4) is 11.5 Å². The Balaban J connectivity index is 1.50. The van der Waals surface area contributed by atoms with E-state index < -0.39 is 42.1 Å². The van der Waals surface area contributed by atoms with Crippen LogP contribution in [0.25, 0.3) is 0 Å². The number of aliphatic hydroxyl groups is 1. The molecule has 4 rings (SSSR count). The third-order valence-electron chi connectivity index (χ3n) is 7.26. The minimum absolute atomic E-state index is 0.0663. The van der Waals surface area contributed by atoms with Gasteiger partial charge in [0.25, 0.3) is 11.8 Å². The molecule has 41 heavy (non-hydrogen) atoms. The van der Waals surface area contributed by atoms with Crippen molar-refractivity contribution in [1.29, 1.82) is 0 Å². The number of amides is 3. The Morgan fingerprint density at radius 2 is 1.73 bits per heavy atom. The predicted molar refractivity (Wildman–Crippen MR) is 150 cm³/mol. The van der Waals surface area contributed by atoms with Crippen LogP contribution in [0.5, 0.6) is 11.5 Å². The highest BCUT2D eigenvalue weighted by Crippen LogP contribution is 2.24. The molecule has 1 saturated heterocycles. The molecule has 0 bridgehead atoms. The van der Waals surface area contributed by atoms with Crippen LogP contribution < -0.4 is 15.4 Å². The highest BCUT2D eigenvalue weighted by Gasteiger charge is 2.43. The van der Waals surface area contributed by atoms with Crippen molar-refractivity contribution in [3.05, 3.63) is 95.1 Å². The lowest BCUT2D eigenvalue weighted by Crippen LogP contribution is -2.55. The molecule has 0 aliphatic carbocycles. The standard InChI is InChI=1S/C31H34FN3O6/c1-19-24(9-6-10-27(19)36)29(38)34-25(15-20-7-4-3-5-8-20)28(37)31(40)35-18-22(32)16-26(35)30(39)33-17-21-11-13-23(41-2)14-12-21/h3-14,22,25-26,28,36-37H,15-18H2,1-2H3,(H,33,39)(H,34,38). The van der Waals surface area contributed by atoms with Gasteiger partial charge >= 0.3 is 0 Å². The van der Waals surface area contributed by atoms with E-state index in [1.54, 1.807) is 62.6 Å². The quantitative estimate of drug-likeness (QED) is 0.300. The van der Waals surface area contributed by atoms with Gasteiger partial charge in [-0.25, -0.2) is 4.39 Å². The number of carbonyl (C=O) groups is 3. The minimum Gasteiger partial charge on any atom is -0.508 e. The molecule has 0 spiro atoms. The van der Waals surface area contributed by atoms with E-state index in [1.807, 2.05) is 6.07 Å². The lowest BCUT2D eigenvalue weighted by atomic mass is 9.98. The summed E-state index contributed by atoms with van der Waals surface area (Å²) in [6, 6.07) is 18.3. The van der Waals surface area contributed by atoms with Gasteiger partial charge in [-0.15, -0.1) is 0 Å². The topological polar surface area (TPSA) is 128 Å². The average Bonchev–Trinajstić information content (AvgIpc) is 3.38. The minimum atomic E-state index is -1.76. The number of nitrogens with one attached hydrogen (secondary N) is 2. The Kier molecular flexibility index (Phi) is 9.57. The number of alkyl halides is 1. The molecule has 0 aromatic heterocycles. The van der Waals surface area contributed by atoms with Crippen molar-refractivity contribution >= 4 is 17.7 Å². The number of aromatic hydroxyl groups is 1. The Morgan fingerprint density at radius 3 is 2.41 bits per heavy atom. The molecule has 4 N–H and O–H groups in total. The van der Waals surface area contributed by atoms with Crippen LogP contribution in [0.3, 0.4) is 0 Å². The molecular formula is C31H34FN3O6. The summed E-state index contributed by atoms with van der Waals surface area (Å²) in [5.74, 6) is -1.39. The van der Waals surface area contributed by atoms with Gasteiger partial charge in [0, 0.05) is 24.1 Å². The Morgan fingerprint density at radius 1 is 1.02 bits per heavy atom. The largest absolute Gasteiger partial charge is 0.508 e. The zero-order chi connectivity index (χ0) is 29.5. The van der Waals surface area contributed by atoms with Crippen LogP contribution in [0.15, 0.2) is 72.8 Å². The van der Waals surface area contributed by atoms with Gasteiger partial charge in [-0.05, 0) is 48.7 Å². The molecule has 0 radical (unpaired) electrons. The summed E-state index contributed by atoms with van der Waals surface area (Å²) < 4.78 is 19.7. The Bertz CT molecular complexity index is 1370. The van der Waals surface area contributed by atoms with Crippen molar-refractivity contribution in [2.24, 2.45) is 0 Å². The first-order chi connectivity index (χ1) is 19.7. The van der Waals surface area contributed by atoms with Gasteiger partial charge in [0.2, 0.25) is 5.91 Å². The molecule has 0 saturated carbocycles. The predicted octanol–water partition coefficient (Wildman–Crippen LogP) is 2.67. The number of phenols is 1. The van der Waals surface area contributed by atoms with Crippen LogP contribution in [-0.2, 0) is 22.6 Å². The number of likely N-dealkylation sites (tertiary alicyclic amines) is 1. The number of hydrogen-bond donors (Lipinski definition) is 4. The van der Waals surface area contributed by atoms with Gasteiger partial charge in [0.1, 0.15) is 23.7 Å². The molecule has 216 valence electrons. The molecule has 4 unspecified atom stereocenters. The maximum absolute atomic E-state index is 14.6. The molecule has 1 fully saturated rings. The van der Waals surface area contributed by atoms with Crippen LogP contribution in [-0.4, -0.2) is 70.8 Å². The fraction of sp³-hybridized carbons (Fsp3) is 0.323. The zero-order valence-corrected chi connectivity index (χ0v) is 22.9. The molecule has 1 aliphatic heterocycles. The molecule has 3 aromatic rings. The van der Waals surface area contributed by atoms with Crippen LogP contribution >= 0.6 is 0 Å². The van der Waals surface area contributed by atoms with Crippen LogP contribution in [0.2, 0.25) is 0 Å². The number of hydrogen-bond acceptors (Lipinski definition) is 6. The number of aliphatic hydroxyl groups excluding tert-OH is 1. The summed E-state index contributed by atoms with van der Waals surface area (Å²) in [5, 5.41) is 26.7. The zero-order valence-electron chi connectivity index (χ0n) is 22.9. The number of phenolic OH excluding ortho intramolecular Hbond substituents is 1. The second-order valence-corrected chi connectivity index (χ2v) is 10.1. The van der Waals surface area contributed by atoms with Crippen molar-refractivity contribution in [2.75, 3.05) is 13.7 Å². The number of nitrogens with zero attached hydrogens (tertiary/aromatic N) is 1. The van der Waals surface area contributed by atoms with Gasteiger partial charge in [-0.3, -0.25) is 14.4 Å². The molecule has 1 aliphatic rings. The number of rotatable bonds is 10. The summed E-state index contributed by atoms with van der Waals surface area (Å²) in [6.07, 6.45) is -3.32. The van der Waals surface area contributed by atoms with E-state index in [0.29, 0.717) is 11.3 Å². The lowest BCUT2D eigenvalue weighted by Gasteiger charge is -2.30. The maximum Gasteiger partial charge on any atom is 0.254 e. The number of carbonyl (C=O) groups excluding carboxylic acids is 3. The Labute approximate surface area is 237 Å². The molecule has 3 aromatic carbocycles. The Hall–Kier alpha value is -4.44. The van der Waals surface area contributed by atoms with Crippen molar-refractivity contribution < 1.29 is 33.7 Å². The van der Waals surface area contributed by atoms with Crippen molar-refractivity contribution in [1.82, 2.24) is 15.5 Å². The molecule has 3 amide bonds. The van der Waals surface area contributed by atoms with E-state index in [1.165, 1.54) is 18.2 Å². The van der Waals surface area contributed by atoms with E-state index in [-0.39, 0.29) is 37.2 Å². The number of ether oxygens (including phenoxy) is 1. The van der Waals surface area contributed by atoms with Gasteiger partial charge < -0.3 is 30.5 Å². The summed E-state index contributed by atoms with van der Waals surface area (Å²) in [4.78, 5) is 40.8. The fourth-order valence-corrected chi connectivity index (χ4v) is 4.89. The summed E-state index contributed by atoms with van der Waals surface area (Å²) in [7, 11) is 1.55. The molecule has 4 atom stereocenters. The molecule has 10 heteroatoms. The van der Waals surface area contributed by atoms with Crippen LogP contribution in [0.1, 0.15) is 33.5 Å². The van der Waals surface area contributed by atoms with Crippen molar-refractivity contribution in [3.63, 3.8) is 0 Å². The van der Waals surface area contributed by atoms with E-state index in [0.717, 1.165) is 16.0 Å². The third-order valence-corrected chi connectivity index (χ3v) is 7.26. The first-order valence-corrected chi connectivity index (χ1v) is 13.3. The fourth-order valence-electron chi connectivity index (χ4n) is 4.89. The second kappa shape index (κ2) is 13.3. The highest BCUT2D eigenvalue weighted by molar-refractivity contribution is 5.97. The molecule has 9 nitrogen and oxygen atoms in total. The summed E-state index contributed by atoms with van der Waals surface area (Å²) in [6.45, 7) is 1.39. The third kappa shape index (κ3) is 7.20. The smallest absolute Gasteiger partial charge is 0.254 e. The maximum atomic E-state index is 14.6. The van der Waals surface area contributed by atoms with E-state index in [9.17, 15) is 29.0 Å². The average molecular weight is 564 g/mol. The lowest BCUT2D eigenvalue weighted by molar-refractivity contribution is -0.146. The van der Waals surface area contributed by atoms with E-state index >= 15 is 0 Å². The summed E-state index contributed by atoms with van der Waals surface area (Å²) >= 11 is 0. The van der Waals surface area contributed by atoms with E-state index in [4.69, 9.17) is 4.74 Å². The first-order valence-electron chi connectivity index (χ1n) is 13.3. The monoisotopic (exact) mass is 563 g/mol. The van der Waals surface area contributed by atoms with Crippen LogP contribution in [0, 0.1) is 6.92 Å². The van der Waals surface area contributed by atoms with Gasteiger partial charge in [0.15, 0.2) is 6.10 Å². The second-order valence-electron chi connectivity index (χ2n) is 10.1. The summed E-state index contributed by atoms with van der Waals surface area (Å²) in [5.41, 5.74) is 2.07. The molecular weight excluding hydrogens is 529 g/mol. The molecule has 1 heterocycles. The van der Waals surface area contributed by atoms with Gasteiger partial charge in [-0.2, -0.15) is 0 Å². The highest BCUT2D eigenvalue weighted by atomic mass is 19.1. The van der Waals surface area contributed by atoms with Crippen molar-refractivity contribution in [2.45, 2.75) is 50.7 Å². The van der Waals surface area contributed by atoms with Gasteiger partial charge in [-0.1, -0.05) is 48.5 Å². The number of benzene rings is 3. The normalized spacial score (nSPS) is 17.9. The van der Waals surface area contributed by atoms with Crippen LogP contribution in [0.4, 0.5) is 4.39 Å².